The highest BCUT2D eigenvalue weighted by Gasteiger charge is 2.51. The van der Waals surface area contributed by atoms with E-state index in [9.17, 15) is 27.2 Å². The summed E-state index contributed by atoms with van der Waals surface area (Å²) in [5, 5.41) is 7.79. The summed E-state index contributed by atoms with van der Waals surface area (Å²) in [6.45, 7) is 0.0265. The molecule has 2 amide bonds. The van der Waals surface area contributed by atoms with Crippen molar-refractivity contribution >= 4 is 23.2 Å². The molecule has 0 aliphatic heterocycles. The number of nitrogens with zero attached hydrogens (tertiary/aromatic N) is 3. The van der Waals surface area contributed by atoms with E-state index in [-0.39, 0.29) is 23.7 Å². The van der Waals surface area contributed by atoms with E-state index in [1.54, 1.807) is 0 Å². The van der Waals surface area contributed by atoms with Crippen molar-refractivity contribution in [1.29, 1.82) is 0 Å². The van der Waals surface area contributed by atoms with E-state index in [4.69, 9.17) is 0 Å². The molecular formula is C22H18F4N6O2. The fourth-order valence-corrected chi connectivity index (χ4v) is 3.21. The topological polar surface area (TPSA) is 109 Å². The zero-order valence-electron chi connectivity index (χ0n) is 17.5. The van der Waals surface area contributed by atoms with Gasteiger partial charge in [-0.05, 0) is 37.1 Å². The minimum Gasteiger partial charge on any atom is -0.351 e. The molecule has 0 spiro atoms. The maximum Gasteiger partial charge on any atom is 0.418 e. The average Bonchev–Trinajstić information content (AvgIpc) is 3.60. The molecule has 4 rings (SSSR count). The molecule has 12 heteroatoms. The molecule has 0 unspecified atom stereocenters. The minimum absolute atomic E-state index is 0.0265. The van der Waals surface area contributed by atoms with Gasteiger partial charge in [-0.15, -0.1) is 0 Å². The monoisotopic (exact) mass is 474 g/mol. The number of amides is 2. The van der Waals surface area contributed by atoms with Gasteiger partial charge in [0.25, 0.3) is 5.91 Å². The van der Waals surface area contributed by atoms with Crippen LogP contribution in [-0.2, 0) is 17.5 Å². The zero-order valence-corrected chi connectivity index (χ0v) is 17.5. The maximum atomic E-state index is 14.0. The van der Waals surface area contributed by atoms with Crippen molar-refractivity contribution in [1.82, 2.24) is 25.6 Å². The molecule has 1 aromatic carbocycles. The molecule has 3 N–H and O–H groups in total. The van der Waals surface area contributed by atoms with Crippen molar-refractivity contribution in [2.75, 3.05) is 5.32 Å². The lowest BCUT2D eigenvalue weighted by molar-refractivity contribution is -0.137. The number of hydrogen-bond donors (Lipinski definition) is 3. The molecule has 0 atom stereocenters. The quantitative estimate of drug-likeness (QED) is 0.453. The summed E-state index contributed by atoms with van der Waals surface area (Å²) in [5.74, 6) is -1.90. The molecule has 176 valence electrons. The number of benzene rings is 1. The lowest BCUT2D eigenvalue weighted by Crippen LogP contribution is -2.48. The summed E-state index contributed by atoms with van der Waals surface area (Å²) < 4.78 is 53.5. The highest BCUT2D eigenvalue weighted by atomic mass is 19.4. The number of nitrogens with one attached hydrogen (secondary N) is 3. The highest BCUT2D eigenvalue weighted by molar-refractivity contribution is 6.00. The Labute approximate surface area is 190 Å². The Hall–Kier alpha value is -4.09. The second-order valence-electron chi connectivity index (χ2n) is 7.67. The van der Waals surface area contributed by atoms with Gasteiger partial charge in [-0.3, -0.25) is 14.6 Å². The first-order valence-electron chi connectivity index (χ1n) is 10.1. The van der Waals surface area contributed by atoms with Crippen LogP contribution >= 0.6 is 0 Å². The van der Waals surface area contributed by atoms with Gasteiger partial charge in [0.2, 0.25) is 5.91 Å². The number of hydrogen-bond acceptors (Lipinski definition) is 6. The van der Waals surface area contributed by atoms with Gasteiger partial charge in [0, 0.05) is 12.4 Å². The minimum atomic E-state index is -4.73. The summed E-state index contributed by atoms with van der Waals surface area (Å²) in [6, 6.07) is 5.59. The number of para-hydroxylation sites is 1. The van der Waals surface area contributed by atoms with Gasteiger partial charge >= 0.3 is 6.18 Å². The van der Waals surface area contributed by atoms with E-state index < -0.39 is 34.7 Å². The van der Waals surface area contributed by atoms with Crippen LogP contribution in [0.1, 0.15) is 34.5 Å². The first kappa shape index (κ1) is 23.1. The van der Waals surface area contributed by atoms with E-state index in [2.05, 4.69) is 30.9 Å². The summed E-state index contributed by atoms with van der Waals surface area (Å²) in [5.41, 5.74) is -2.07. The number of alkyl halides is 3. The van der Waals surface area contributed by atoms with E-state index in [1.165, 1.54) is 37.1 Å². The molecule has 1 aliphatic carbocycles. The second kappa shape index (κ2) is 9.04. The molecule has 0 radical (unpaired) electrons. The Morgan fingerprint density at radius 1 is 1.03 bits per heavy atom. The molecule has 0 saturated heterocycles. The lowest BCUT2D eigenvalue weighted by Gasteiger charge is -2.17. The van der Waals surface area contributed by atoms with E-state index in [0.717, 1.165) is 18.2 Å². The van der Waals surface area contributed by atoms with Gasteiger partial charge in [-0.1, -0.05) is 6.07 Å². The third-order valence-electron chi connectivity index (χ3n) is 5.20. The summed E-state index contributed by atoms with van der Waals surface area (Å²) in [6.07, 6.45) is 1.42. The SMILES string of the molecule is O=C(NC1(C(=O)NCc2ccc(Nc3c(F)cccc3C(F)(F)F)cn2)CC1)c1cncnc1. The molecular weight excluding hydrogens is 456 g/mol. The van der Waals surface area contributed by atoms with Gasteiger partial charge in [-0.25, -0.2) is 14.4 Å². The van der Waals surface area contributed by atoms with Crippen LogP contribution in [0, 0.1) is 5.82 Å². The normalized spacial score (nSPS) is 14.2. The standard InChI is InChI=1S/C22H18F4N6O2/c23-17-3-1-2-16(22(24,25)26)18(17)31-15-5-4-14(29-11-15)10-30-20(34)21(6-7-21)32-19(33)13-8-27-12-28-9-13/h1-5,8-9,11-12,31H,6-7,10H2,(H,30,34)(H,32,33). The van der Waals surface area contributed by atoms with E-state index >= 15 is 0 Å². The Kier molecular flexibility index (Phi) is 6.14. The first-order chi connectivity index (χ1) is 16.2. The number of carbonyl (C=O) groups excluding carboxylic acids is 2. The smallest absolute Gasteiger partial charge is 0.351 e. The Morgan fingerprint density at radius 2 is 1.76 bits per heavy atom. The molecule has 2 aromatic heterocycles. The summed E-state index contributed by atoms with van der Waals surface area (Å²) in [4.78, 5) is 36.5. The maximum absolute atomic E-state index is 14.0. The van der Waals surface area contributed by atoms with E-state index in [0.29, 0.717) is 18.5 Å². The summed E-state index contributed by atoms with van der Waals surface area (Å²) in [7, 11) is 0. The number of pyridine rings is 1. The van der Waals surface area contributed by atoms with Crippen LogP contribution < -0.4 is 16.0 Å². The van der Waals surface area contributed by atoms with Gasteiger partial charge in [0.15, 0.2) is 0 Å². The van der Waals surface area contributed by atoms with Gasteiger partial charge in [0.1, 0.15) is 17.7 Å². The molecule has 1 saturated carbocycles. The van der Waals surface area contributed by atoms with Crippen LogP contribution in [0.25, 0.3) is 0 Å². The third-order valence-corrected chi connectivity index (χ3v) is 5.20. The number of anilines is 2. The lowest BCUT2D eigenvalue weighted by atomic mass is 10.1. The number of aromatic nitrogens is 3. The van der Waals surface area contributed by atoms with Gasteiger partial charge < -0.3 is 16.0 Å². The molecule has 2 heterocycles. The molecule has 1 fully saturated rings. The number of halogens is 4. The number of carbonyl (C=O) groups is 2. The van der Waals surface area contributed by atoms with Crippen molar-refractivity contribution in [2.45, 2.75) is 31.1 Å². The van der Waals surface area contributed by atoms with Crippen molar-refractivity contribution < 1.29 is 27.2 Å². The largest absolute Gasteiger partial charge is 0.418 e. The molecule has 34 heavy (non-hydrogen) atoms. The molecule has 8 nitrogen and oxygen atoms in total. The highest BCUT2D eigenvalue weighted by Crippen LogP contribution is 2.37. The van der Waals surface area contributed by atoms with Crippen molar-refractivity contribution in [3.63, 3.8) is 0 Å². The first-order valence-corrected chi connectivity index (χ1v) is 10.1. The predicted octanol–water partition coefficient (Wildman–Crippen LogP) is 3.35. The van der Waals surface area contributed by atoms with Crippen LogP contribution in [0.15, 0.2) is 55.2 Å². The molecule has 1 aliphatic rings. The van der Waals surface area contributed by atoms with Crippen LogP contribution in [0.5, 0.6) is 0 Å². The Morgan fingerprint density at radius 3 is 2.38 bits per heavy atom. The van der Waals surface area contributed by atoms with Crippen molar-refractivity contribution in [3.8, 4) is 0 Å². The Bertz CT molecular complexity index is 1200. The van der Waals surface area contributed by atoms with Crippen LogP contribution in [0.2, 0.25) is 0 Å². The van der Waals surface area contributed by atoms with Crippen molar-refractivity contribution in [3.05, 3.63) is 77.9 Å². The average molecular weight is 474 g/mol. The van der Waals surface area contributed by atoms with Crippen LogP contribution in [-0.4, -0.2) is 32.3 Å². The van der Waals surface area contributed by atoms with E-state index in [1.807, 2.05) is 0 Å². The molecule has 3 aromatic rings. The summed E-state index contributed by atoms with van der Waals surface area (Å²) >= 11 is 0. The van der Waals surface area contributed by atoms with Crippen molar-refractivity contribution in [2.24, 2.45) is 0 Å². The fraction of sp³-hybridized carbons (Fsp3) is 0.227. The third kappa shape index (κ3) is 5.11. The fourth-order valence-electron chi connectivity index (χ4n) is 3.21. The second-order valence-corrected chi connectivity index (χ2v) is 7.67. The predicted molar refractivity (Wildman–Crippen MR) is 112 cm³/mol. The Balaban J connectivity index is 1.36. The van der Waals surface area contributed by atoms with Gasteiger partial charge in [-0.2, -0.15) is 13.2 Å². The number of rotatable bonds is 7. The zero-order chi connectivity index (χ0) is 24.3. The van der Waals surface area contributed by atoms with Crippen LogP contribution in [0.4, 0.5) is 28.9 Å². The van der Waals surface area contributed by atoms with Crippen LogP contribution in [0.3, 0.4) is 0 Å². The van der Waals surface area contributed by atoms with Gasteiger partial charge in [0.05, 0.1) is 40.9 Å². The molecule has 0 bridgehead atoms.